The summed E-state index contributed by atoms with van der Waals surface area (Å²) in [4.78, 5) is 17.5. The molecule has 4 heteroatoms. The Bertz CT molecular complexity index is 716. The van der Waals surface area contributed by atoms with Crippen LogP contribution in [0.4, 0.5) is 5.69 Å². The SMILES string of the molecule is CC(C)(C)C1=CC(=Nc2c(Cl)cccc2Cl)C=C(C(C)(C)C)C1=O. The maximum Gasteiger partial charge on any atom is 0.186 e. The molecule has 0 saturated carbocycles. The van der Waals surface area contributed by atoms with Gasteiger partial charge in [-0.3, -0.25) is 4.79 Å². The third kappa shape index (κ3) is 3.99. The van der Waals surface area contributed by atoms with Crippen molar-refractivity contribution in [2.75, 3.05) is 0 Å². The Labute approximate surface area is 154 Å². The molecule has 2 nitrogen and oxygen atoms in total. The molecule has 2 rings (SSSR count). The van der Waals surface area contributed by atoms with Crippen LogP contribution in [0.3, 0.4) is 0 Å². The summed E-state index contributed by atoms with van der Waals surface area (Å²) in [5.74, 6) is 0.0826. The Balaban J connectivity index is 2.67. The molecular formula is C20H23Cl2NO. The maximum absolute atomic E-state index is 12.9. The van der Waals surface area contributed by atoms with Crippen LogP contribution in [-0.2, 0) is 4.79 Å². The first-order valence-corrected chi connectivity index (χ1v) is 8.68. The van der Waals surface area contributed by atoms with Crippen molar-refractivity contribution in [1.29, 1.82) is 0 Å². The van der Waals surface area contributed by atoms with E-state index >= 15 is 0 Å². The zero-order valence-corrected chi connectivity index (χ0v) is 16.5. The number of para-hydroxylation sites is 1. The molecule has 0 saturated heterocycles. The molecule has 0 atom stereocenters. The van der Waals surface area contributed by atoms with Crippen molar-refractivity contribution in [3.8, 4) is 0 Å². The molecule has 1 aliphatic carbocycles. The fourth-order valence-corrected chi connectivity index (χ4v) is 3.00. The second kappa shape index (κ2) is 6.50. The van der Waals surface area contributed by atoms with Gasteiger partial charge in [-0.15, -0.1) is 0 Å². The Morgan fingerprint density at radius 2 is 1.25 bits per heavy atom. The first-order valence-electron chi connectivity index (χ1n) is 7.93. The predicted molar refractivity (Wildman–Crippen MR) is 104 cm³/mol. The van der Waals surface area contributed by atoms with Crippen molar-refractivity contribution >= 4 is 40.4 Å². The highest BCUT2D eigenvalue weighted by Gasteiger charge is 2.34. The normalized spacial score (nSPS) is 16.0. The van der Waals surface area contributed by atoms with Crippen molar-refractivity contribution in [2.24, 2.45) is 15.8 Å². The van der Waals surface area contributed by atoms with Gasteiger partial charge in [-0.05, 0) is 35.1 Å². The zero-order chi connectivity index (χ0) is 18.3. The van der Waals surface area contributed by atoms with E-state index in [9.17, 15) is 4.79 Å². The van der Waals surface area contributed by atoms with Crippen molar-refractivity contribution in [2.45, 2.75) is 41.5 Å². The van der Waals surface area contributed by atoms with Crippen LogP contribution >= 0.6 is 23.2 Å². The summed E-state index contributed by atoms with van der Waals surface area (Å²) in [6.45, 7) is 12.2. The van der Waals surface area contributed by atoms with E-state index in [1.807, 2.05) is 53.7 Å². The second-order valence-corrected chi connectivity index (χ2v) is 8.87. The summed E-state index contributed by atoms with van der Waals surface area (Å²) < 4.78 is 0. The lowest BCUT2D eigenvalue weighted by Crippen LogP contribution is -2.29. The van der Waals surface area contributed by atoms with E-state index in [0.29, 0.717) is 21.4 Å². The Morgan fingerprint density at radius 1 is 0.833 bits per heavy atom. The van der Waals surface area contributed by atoms with Crippen LogP contribution < -0.4 is 0 Å². The molecule has 24 heavy (non-hydrogen) atoms. The highest BCUT2D eigenvalue weighted by molar-refractivity contribution is 6.39. The van der Waals surface area contributed by atoms with Gasteiger partial charge in [-0.1, -0.05) is 70.8 Å². The standard InChI is InChI=1S/C20H23Cl2NO/c1-19(2,3)13-10-12(11-14(18(13)24)20(4,5)6)23-17-15(21)8-7-9-16(17)22/h7-11H,1-6H3. The van der Waals surface area contributed by atoms with Gasteiger partial charge in [0.25, 0.3) is 0 Å². The van der Waals surface area contributed by atoms with Crippen molar-refractivity contribution in [1.82, 2.24) is 0 Å². The highest BCUT2D eigenvalue weighted by atomic mass is 35.5. The van der Waals surface area contributed by atoms with Crippen molar-refractivity contribution in [3.63, 3.8) is 0 Å². The number of nitrogens with zero attached hydrogens (tertiary/aromatic N) is 1. The molecule has 1 aromatic rings. The van der Waals surface area contributed by atoms with Gasteiger partial charge in [0.1, 0.15) is 5.69 Å². The number of allylic oxidation sites excluding steroid dienone is 4. The van der Waals surface area contributed by atoms with Gasteiger partial charge in [0, 0.05) is 11.1 Å². The molecule has 0 heterocycles. The minimum absolute atomic E-state index is 0.0826. The molecule has 0 aromatic heterocycles. The number of rotatable bonds is 1. The quantitative estimate of drug-likeness (QED) is 0.517. The molecule has 1 aliphatic rings. The first kappa shape index (κ1) is 19.0. The first-order chi connectivity index (χ1) is 10.9. The topological polar surface area (TPSA) is 29.4 Å². The van der Waals surface area contributed by atoms with E-state index in [0.717, 1.165) is 11.1 Å². The smallest absolute Gasteiger partial charge is 0.186 e. The van der Waals surface area contributed by atoms with Crippen LogP contribution in [0, 0.1) is 10.8 Å². The van der Waals surface area contributed by atoms with Crippen LogP contribution in [-0.4, -0.2) is 11.5 Å². The van der Waals surface area contributed by atoms with Gasteiger partial charge in [0.05, 0.1) is 15.8 Å². The average Bonchev–Trinajstić information content (AvgIpc) is 2.42. The molecular weight excluding hydrogens is 341 g/mol. The van der Waals surface area contributed by atoms with Crippen LogP contribution in [0.5, 0.6) is 0 Å². The molecule has 0 spiro atoms. The number of carbonyl (C=O) groups is 1. The molecule has 0 unspecified atom stereocenters. The molecule has 0 N–H and O–H groups in total. The van der Waals surface area contributed by atoms with Gasteiger partial charge >= 0.3 is 0 Å². The van der Waals surface area contributed by atoms with Crippen LogP contribution in [0.25, 0.3) is 0 Å². The summed E-state index contributed by atoms with van der Waals surface area (Å²) in [7, 11) is 0. The summed E-state index contributed by atoms with van der Waals surface area (Å²) >= 11 is 12.5. The van der Waals surface area contributed by atoms with Crippen LogP contribution in [0.2, 0.25) is 10.0 Å². The van der Waals surface area contributed by atoms with Crippen molar-refractivity contribution in [3.05, 3.63) is 51.5 Å². The lowest BCUT2D eigenvalue weighted by Gasteiger charge is -2.31. The Morgan fingerprint density at radius 3 is 1.62 bits per heavy atom. The number of hydrogen-bond donors (Lipinski definition) is 0. The van der Waals surface area contributed by atoms with E-state index in [1.165, 1.54) is 0 Å². The number of benzene rings is 1. The molecule has 0 fully saturated rings. The van der Waals surface area contributed by atoms with Gasteiger partial charge in [-0.25, -0.2) is 4.99 Å². The number of Topliss-reactive ketones (excluding diaryl/α,β-unsaturated/α-hetero) is 1. The fraction of sp³-hybridized carbons (Fsp3) is 0.400. The van der Waals surface area contributed by atoms with Crippen LogP contribution in [0.1, 0.15) is 41.5 Å². The average molecular weight is 364 g/mol. The largest absolute Gasteiger partial charge is 0.289 e. The molecule has 0 bridgehead atoms. The Hall–Kier alpha value is -1.38. The van der Waals surface area contributed by atoms with E-state index in [2.05, 4.69) is 4.99 Å². The molecule has 128 valence electrons. The third-order valence-electron chi connectivity index (χ3n) is 3.87. The number of halogens is 2. The summed E-state index contributed by atoms with van der Waals surface area (Å²) in [5, 5.41) is 0.978. The lowest BCUT2D eigenvalue weighted by molar-refractivity contribution is -0.114. The minimum Gasteiger partial charge on any atom is -0.289 e. The van der Waals surface area contributed by atoms with E-state index in [4.69, 9.17) is 23.2 Å². The van der Waals surface area contributed by atoms with E-state index < -0.39 is 0 Å². The third-order valence-corrected chi connectivity index (χ3v) is 4.48. The molecule has 1 aromatic carbocycles. The van der Waals surface area contributed by atoms with E-state index in [-0.39, 0.29) is 16.6 Å². The summed E-state index contributed by atoms with van der Waals surface area (Å²) in [6, 6.07) is 5.29. The molecule has 0 amide bonds. The molecule has 0 radical (unpaired) electrons. The summed E-state index contributed by atoms with van der Waals surface area (Å²) in [6.07, 6.45) is 3.69. The van der Waals surface area contributed by atoms with Gasteiger partial charge < -0.3 is 0 Å². The molecule has 0 aliphatic heterocycles. The van der Waals surface area contributed by atoms with Gasteiger partial charge in [0.15, 0.2) is 5.78 Å². The minimum atomic E-state index is -0.271. The number of hydrogen-bond acceptors (Lipinski definition) is 2. The van der Waals surface area contributed by atoms with Gasteiger partial charge in [0.2, 0.25) is 0 Å². The predicted octanol–water partition coefficient (Wildman–Crippen LogP) is 6.59. The highest BCUT2D eigenvalue weighted by Crippen LogP contribution is 2.38. The number of ketones is 1. The summed E-state index contributed by atoms with van der Waals surface area (Å²) in [5.41, 5.74) is 2.17. The van der Waals surface area contributed by atoms with Crippen LogP contribution in [0.15, 0.2) is 46.5 Å². The fourth-order valence-electron chi connectivity index (χ4n) is 2.52. The lowest BCUT2D eigenvalue weighted by atomic mass is 9.72. The maximum atomic E-state index is 12.9. The number of carbonyl (C=O) groups excluding carboxylic acids is 1. The van der Waals surface area contributed by atoms with E-state index in [1.54, 1.807) is 18.2 Å². The van der Waals surface area contributed by atoms with Gasteiger partial charge in [-0.2, -0.15) is 0 Å². The second-order valence-electron chi connectivity index (χ2n) is 8.05. The monoisotopic (exact) mass is 363 g/mol. The zero-order valence-electron chi connectivity index (χ0n) is 15.0. The van der Waals surface area contributed by atoms with Crippen molar-refractivity contribution < 1.29 is 4.79 Å². The number of aliphatic imine (C=N–C) groups is 1. The Kier molecular flexibility index (Phi) is 5.13.